The molecule has 0 bridgehead atoms. The smallest absolute Gasteiger partial charge is 0.320 e. The van der Waals surface area contributed by atoms with Crippen LogP contribution in [0.3, 0.4) is 0 Å². The van der Waals surface area contributed by atoms with Gasteiger partial charge in [-0.1, -0.05) is 34.9 Å². The number of anilines is 2. The summed E-state index contributed by atoms with van der Waals surface area (Å²) in [6.45, 7) is 5.59. The number of nitrogens with one attached hydrogen (secondary N) is 2. The van der Waals surface area contributed by atoms with Crippen molar-refractivity contribution in [2.45, 2.75) is 20.4 Å². The monoisotopic (exact) mass is 342 g/mol. The molecule has 0 aliphatic rings. The summed E-state index contributed by atoms with van der Waals surface area (Å²) in [6, 6.07) is 4.87. The molecule has 108 valence electrons. The summed E-state index contributed by atoms with van der Waals surface area (Å²) in [6.07, 6.45) is 0. The number of benzene rings is 1. The van der Waals surface area contributed by atoms with Gasteiger partial charge in [-0.25, -0.2) is 4.39 Å². The van der Waals surface area contributed by atoms with Gasteiger partial charge in [0.2, 0.25) is 5.89 Å². The molecule has 5 nitrogen and oxygen atoms in total. The first-order chi connectivity index (χ1) is 9.54. The highest BCUT2D eigenvalue weighted by Gasteiger charge is 2.09. The van der Waals surface area contributed by atoms with Crippen LogP contribution in [-0.2, 0) is 6.54 Å². The van der Waals surface area contributed by atoms with Gasteiger partial charge in [-0.05, 0) is 30.7 Å². The molecular weight excluding hydrogens is 327 g/mol. The van der Waals surface area contributed by atoms with Crippen LogP contribution in [0.1, 0.15) is 19.7 Å². The molecular formula is C13H16BrFN4O. The summed E-state index contributed by atoms with van der Waals surface area (Å²) < 4.78 is 19.7. The van der Waals surface area contributed by atoms with E-state index < -0.39 is 5.82 Å². The molecule has 20 heavy (non-hydrogen) atoms. The van der Waals surface area contributed by atoms with Gasteiger partial charge < -0.3 is 15.1 Å². The standard InChI is InChI=1S/C13H16BrFN4O/c1-8(2)6-16-7-12-18-19-13(20-12)17-11-4-3-9(14)5-10(11)15/h3-5,8,16H,6-7H2,1-2H3,(H,17,19). The molecule has 7 heteroatoms. The maximum absolute atomic E-state index is 13.6. The van der Waals surface area contributed by atoms with E-state index in [-0.39, 0.29) is 6.01 Å². The first-order valence-corrected chi connectivity index (χ1v) is 7.09. The number of hydrogen-bond donors (Lipinski definition) is 2. The largest absolute Gasteiger partial charge is 0.406 e. The summed E-state index contributed by atoms with van der Waals surface area (Å²) in [5.74, 6) is 0.620. The molecule has 2 aromatic rings. The van der Waals surface area contributed by atoms with E-state index in [1.54, 1.807) is 12.1 Å². The second-order valence-corrected chi connectivity index (χ2v) is 5.69. The third-order valence-electron chi connectivity index (χ3n) is 2.47. The minimum atomic E-state index is -0.392. The lowest BCUT2D eigenvalue weighted by molar-refractivity contribution is 0.460. The van der Waals surface area contributed by atoms with Crippen LogP contribution in [0, 0.1) is 11.7 Å². The van der Waals surface area contributed by atoms with Gasteiger partial charge in [0.05, 0.1) is 12.2 Å². The maximum Gasteiger partial charge on any atom is 0.320 e. The minimum absolute atomic E-state index is 0.174. The lowest BCUT2D eigenvalue weighted by atomic mass is 10.2. The van der Waals surface area contributed by atoms with E-state index in [4.69, 9.17) is 4.42 Å². The zero-order chi connectivity index (χ0) is 14.5. The van der Waals surface area contributed by atoms with Crippen molar-refractivity contribution >= 4 is 27.6 Å². The Kier molecular flexibility index (Phi) is 5.08. The van der Waals surface area contributed by atoms with Crippen LogP contribution >= 0.6 is 15.9 Å². The van der Waals surface area contributed by atoms with Crippen molar-refractivity contribution in [3.63, 3.8) is 0 Å². The van der Waals surface area contributed by atoms with Gasteiger partial charge >= 0.3 is 6.01 Å². The number of aromatic nitrogens is 2. The SMILES string of the molecule is CC(C)CNCc1nnc(Nc2ccc(Br)cc2F)o1. The molecule has 0 atom stereocenters. The fraction of sp³-hybridized carbons (Fsp3) is 0.385. The van der Waals surface area contributed by atoms with E-state index in [0.717, 1.165) is 6.54 Å². The Labute approximate surface area is 125 Å². The second-order valence-electron chi connectivity index (χ2n) is 4.77. The molecule has 0 saturated carbocycles. The fourth-order valence-electron chi connectivity index (χ4n) is 1.55. The first kappa shape index (κ1) is 14.9. The molecule has 0 unspecified atom stereocenters. The molecule has 2 N–H and O–H groups in total. The summed E-state index contributed by atoms with van der Waals surface area (Å²) in [5, 5.41) is 13.7. The highest BCUT2D eigenvalue weighted by Crippen LogP contribution is 2.22. The van der Waals surface area contributed by atoms with Crippen molar-refractivity contribution in [3.8, 4) is 0 Å². The first-order valence-electron chi connectivity index (χ1n) is 6.30. The summed E-state index contributed by atoms with van der Waals surface area (Å²) >= 11 is 3.20. The Morgan fingerprint density at radius 3 is 2.85 bits per heavy atom. The predicted octanol–water partition coefficient (Wildman–Crippen LogP) is 3.46. The summed E-state index contributed by atoms with van der Waals surface area (Å²) in [5.41, 5.74) is 0.290. The Bertz CT molecular complexity index is 573. The van der Waals surface area contributed by atoms with Gasteiger partial charge in [-0.2, -0.15) is 0 Å². The highest BCUT2D eigenvalue weighted by atomic mass is 79.9. The highest BCUT2D eigenvalue weighted by molar-refractivity contribution is 9.10. The van der Waals surface area contributed by atoms with Crippen LogP contribution in [0.25, 0.3) is 0 Å². The number of nitrogens with zero attached hydrogens (tertiary/aromatic N) is 2. The van der Waals surface area contributed by atoms with E-state index >= 15 is 0 Å². The molecule has 0 amide bonds. The number of rotatable bonds is 6. The van der Waals surface area contributed by atoms with Gasteiger partial charge in [0.15, 0.2) is 0 Å². The normalized spacial score (nSPS) is 11.1. The van der Waals surface area contributed by atoms with Gasteiger partial charge in [-0.15, -0.1) is 5.10 Å². The topological polar surface area (TPSA) is 63.0 Å². The minimum Gasteiger partial charge on any atom is -0.406 e. The third kappa shape index (κ3) is 4.28. The third-order valence-corrected chi connectivity index (χ3v) is 2.96. The quantitative estimate of drug-likeness (QED) is 0.841. The van der Waals surface area contributed by atoms with Gasteiger partial charge in [0.25, 0.3) is 0 Å². The van der Waals surface area contributed by atoms with Crippen molar-refractivity contribution in [2.24, 2.45) is 5.92 Å². The molecule has 0 spiro atoms. The zero-order valence-corrected chi connectivity index (χ0v) is 12.9. The Morgan fingerprint density at radius 1 is 1.35 bits per heavy atom. The lowest BCUT2D eigenvalue weighted by Crippen LogP contribution is -2.19. The van der Waals surface area contributed by atoms with Crippen LogP contribution in [-0.4, -0.2) is 16.7 Å². The maximum atomic E-state index is 13.6. The molecule has 1 aromatic carbocycles. The lowest BCUT2D eigenvalue weighted by Gasteiger charge is -2.04. The van der Waals surface area contributed by atoms with E-state index in [0.29, 0.717) is 28.5 Å². The molecule has 0 saturated heterocycles. The van der Waals surface area contributed by atoms with Crippen molar-refractivity contribution in [2.75, 3.05) is 11.9 Å². The Hall–Kier alpha value is -1.47. The van der Waals surface area contributed by atoms with Crippen LogP contribution in [0.4, 0.5) is 16.1 Å². The second kappa shape index (κ2) is 6.81. The fourth-order valence-corrected chi connectivity index (χ4v) is 1.88. The van der Waals surface area contributed by atoms with Crippen molar-refractivity contribution < 1.29 is 8.81 Å². The van der Waals surface area contributed by atoms with Crippen LogP contribution in [0.5, 0.6) is 0 Å². The average molecular weight is 343 g/mol. The zero-order valence-electron chi connectivity index (χ0n) is 11.3. The number of hydrogen-bond acceptors (Lipinski definition) is 5. The summed E-state index contributed by atoms with van der Waals surface area (Å²) in [4.78, 5) is 0. The van der Waals surface area contributed by atoms with Crippen molar-refractivity contribution in [1.82, 2.24) is 15.5 Å². The van der Waals surface area contributed by atoms with Gasteiger partial charge in [0.1, 0.15) is 5.82 Å². The van der Waals surface area contributed by atoms with Gasteiger partial charge in [0, 0.05) is 4.47 Å². The predicted molar refractivity (Wildman–Crippen MR) is 78.2 cm³/mol. The number of halogens is 2. The average Bonchev–Trinajstić information content (AvgIpc) is 2.80. The molecule has 0 aliphatic heterocycles. The molecule has 0 radical (unpaired) electrons. The van der Waals surface area contributed by atoms with Crippen LogP contribution < -0.4 is 10.6 Å². The van der Waals surface area contributed by atoms with E-state index in [2.05, 4.69) is 50.6 Å². The molecule has 2 rings (SSSR count). The molecule has 1 heterocycles. The molecule has 0 aliphatic carbocycles. The van der Waals surface area contributed by atoms with E-state index in [1.165, 1.54) is 6.07 Å². The Balaban J connectivity index is 1.95. The summed E-state index contributed by atoms with van der Waals surface area (Å²) in [7, 11) is 0. The van der Waals surface area contributed by atoms with Crippen LogP contribution in [0.2, 0.25) is 0 Å². The van der Waals surface area contributed by atoms with E-state index in [1.807, 2.05) is 0 Å². The molecule has 0 fully saturated rings. The van der Waals surface area contributed by atoms with E-state index in [9.17, 15) is 4.39 Å². The van der Waals surface area contributed by atoms with Gasteiger partial charge in [-0.3, -0.25) is 0 Å². The van der Waals surface area contributed by atoms with Crippen molar-refractivity contribution in [3.05, 3.63) is 34.4 Å². The molecule has 1 aromatic heterocycles. The van der Waals surface area contributed by atoms with Crippen molar-refractivity contribution in [1.29, 1.82) is 0 Å². The Morgan fingerprint density at radius 2 is 2.15 bits per heavy atom. The van der Waals surface area contributed by atoms with Crippen LogP contribution in [0.15, 0.2) is 27.1 Å².